The fourth-order valence-electron chi connectivity index (χ4n) is 1.57. The smallest absolute Gasteiger partial charge is 0.258 e. The summed E-state index contributed by atoms with van der Waals surface area (Å²) >= 11 is 9.26. The van der Waals surface area contributed by atoms with Gasteiger partial charge in [-0.3, -0.25) is 4.79 Å². The first kappa shape index (κ1) is 14.7. The number of halogens is 3. The first-order valence-corrected chi connectivity index (χ1v) is 6.78. The van der Waals surface area contributed by atoms with Crippen LogP contribution in [0, 0.1) is 5.82 Å². The maximum Gasteiger partial charge on any atom is 0.258 e. The van der Waals surface area contributed by atoms with Crippen LogP contribution in [0.3, 0.4) is 0 Å². The molecule has 104 valence electrons. The highest BCUT2D eigenvalue weighted by Gasteiger charge is 2.16. The second-order valence-electron chi connectivity index (χ2n) is 3.85. The van der Waals surface area contributed by atoms with Crippen molar-refractivity contribution in [2.24, 2.45) is 0 Å². The zero-order chi connectivity index (χ0) is 14.7. The van der Waals surface area contributed by atoms with Crippen LogP contribution in [0.25, 0.3) is 0 Å². The monoisotopic (exact) mass is 357 g/mol. The number of carbonyl (C=O) groups is 1. The lowest BCUT2D eigenvalue weighted by Crippen LogP contribution is -2.15. The zero-order valence-corrected chi connectivity index (χ0v) is 12.7. The van der Waals surface area contributed by atoms with Crippen LogP contribution in [-0.2, 0) is 0 Å². The zero-order valence-electron chi connectivity index (χ0n) is 10.4. The molecule has 1 aromatic heterocycles. The van der Waals surface area contributed by atoms with Crippen LogP contribution in [0.15, 0.2) is 34.9 Å². The minimum Gasteiger partial charge on any atom is -0.371 e. The second kappa shape index (κ2) is 6.19. The van der Waals surface area contributed by atoms with Crippen molar-refractivity contribution in [3.63, 3.8) is 0 Å². The van der Waals surface area contributed by atoms with Crippen molar-refractivity contribution >= 4 is 44.9 Å². The summed E-state index contributed by atoms with van der Waals surface area (Å²) < 4.78 is 14.7. The molecule has 1 amide bonds. The predicted molar refractivity (Wildman–Crippen MR) is 80.8 cm³/mol. The van der Waals surface area contributed by atoms with Gasteiger partial charge in [0, 0.05) is 17.7 Å². The highest BCUT2D eigenvalue weighted by Crippen LogP contribution is 2.26. The van der Waals surface area contributed by atoms with Crippen LogP contribution in [0.5, 0.6) is 0 Å². The van der Waals surface area contributed by atoms with Gasteiger partial charge >= 0.3 is 0 Å². The minimum atomic E-state index is -0.708. The van der Waals surface area contributed by atoms with Crippen LogP contribution in [0.1, 0.15) is 10.4 Å². The van der Waals surface area contributed by atoms with Gasteiger partial charge < -0.3 is 10.6 Å². The number of hydrogen-bond donors (Lipinski definition) is 2. The minimum absolute atomic E-state index is 0.0135. The van der Waals surface area contributed by atoms with E-state index < -0.39 is 11.7 Å². The fraction of sp³-hybridized carbons (Fsp3) is 0.0769. The maximum absolute atomic E-state index is 14.0. The molecular weight excluding hydrogens is 349 g/mol. The first-order valence-electron chi connectivity index (χ1n) is 5.61. The quantitative estimate of drug-likeness (QED) is 0.874. The van der Waals surface area contributed by atoms with Gasteiger partial charge in [0.05, 0.1) is 16.3 Å². The summed E-state index contributed by atoms with van der Waals surface area (Å²) in [6.07, 6.45) is 1.35. The molecule has 7 heteroatoms. The lowest BCUT2D eigenvalue weighted by Gasteiger charge is -2.09. The molecule has 2 aromatic rings. The van der Waals surface area contributed by atoms with Crippen molar-refractivity contribution in [2.45, 2.75) is 0 Å². The van der Waals surface area contributed by atoms with Crippen LogP contribution in [-0.4, -0.2) is 17.9 Å². The summed E-state index contributed by atoms with van der Waals surface area (Å²) in [6.45, 7) is 0. The molecule has 1 aromatic carbocycles. The van der Waals surface area contributed by atoms with Crippen molar-refractivity contribution in [3.8, 4) is 0 Å². The number of aromatic nitrogens is 1. The molecule has 0 aliphatic rings. The Bertz CT molecular complexity index is 666. The summed E-state index contributed by atoms with van der Waals surface area (Å²) in [4.78, 5) is 15.8. The molecular formula is C13H10BrClFN3O. The van der Waals surface area contributed by atoms with E-state index in [2.05, 4.69) is 31.5 Å². The topological polar surface area (TPSA) is 54.0 Å². The summed E-state index contributed by atoms with van der Waals surface area (Å²) in [5.74, 6) is -1.29. The van der Waals surface area contributed by atoms with Gasteiger partial charge in [-0.2, -0.15) is 0 Å². The van der Waals surface area contributed by atoms with E-state index in [0.29, 0.717) is 10.7 Å². The average molecular weight is 359 g/mol. The first-order chi connectivity index (χ1) is 9.52. The Morgan fingerprint density at radius 1 is 1.40 bits per heavy atom. The van der Waals surface area contributed by atoms with E-state index in [9.17, 15) is 9.18 Å². The molecule has 2 rings (SSSR count). The van der Waals surface area contributed by atoms with Crippen LogP contribution in [0.4, 0.5) is 15.9 Å². The van der Waals surface area contributed by atoms with Gasteiger partial charge in [-0.25, -0.2) is 9.37 Å². The molecule has 0 aliphatic carbocycles. The highest BCUT2D eigenvalue weighted by atomic mass is 79.9. The van der Waals surface area contributed by atoms with Gasteiger partial charge in [-0.1, -0.05) is 27.5 Å². The highest BCUT2D eigenvalue weighted by molar-refractivity contribution is 9.10. The summed E-state index contributed by atoms with van der Waals surface area (Å²) in [5, 5.41) is 5.49. The van der Waals surface area contributed by atoms with Gasteiger partial charge in [0.15, 0.2) is 11.6 Å². The SMILES string of the molecule is CNc1nccc(C(=O)Nc2ccc(Br)cc2Cl)c1F. The van der Waals surface area contributed by atoms with E-state index >= 15 is 0 Å². The summed E-state index contributed by atoms with van der Waals surface area (Å²) in [5.41, 5.74) is 0.297. The average Bonchev–Trinajstić information content (AvgIpc) is 2.42. The lowest BCUT2D eigenvalue weighted by atomic mass is 10.2. The number of rotatable bonds is 3. The molecule has 0 saturated heterocycles. The van der Waals surface area contributed by atoms with Gasteiger partial charge in [-0.05, 0) is 24.3 Å². The van der Waals surface area contributed by atoms with E-state index in [-0.39, 0.29) is 11.4 Å². The molecule has 0 atom stereocenters. The lowest BCUT2D eigenvalue weighted by molar-refractivity contribution is 0.102. The molecule has 0 fully saturated rings. The largest absolute Gasteiger partial charge is 0.371 e. The molecule has 0 bridgehead atoms. The van der Waals surface area contributed by atoms with Gasteiger partial charge in [-0.15, -0.1) is 0 Å². The number of nitrogens with zero attached hydrogens (tertiary/aromatic N) is 1. The Morgan fingerprint density at radius 3 is 2.80 bits per heavy atom. The fourth-order valence-corrected chi connectivity index (χ4v) is 2.29. The molecule has 0 unspecified atom stereocenters. The number of nitrogens with one attached hydrogen (secondary N) is 2. The molecule has 0 spiro atoms. The van der Waals surface area contributed by atoms with Crippen molar-refractivity contribution in [2.75, 3.05) is 17.7 Å². The van der Waals surface area contributed by atoms with E-state index in [1.807, 2.05) is 0 Å². The molecule has 20 heavy (non-hydrogen) atoms. The number of amides is 1. The standard InChI is InChI=1S/C13H10BrClFN3O/c1-17-12-11(16)8(4-5-18-12)13(20)19-10-3-2-7(14)6-9(10)15/h2-6H,1H3,(H,17,18)(H,19,20). The Hall–Kier alpha value is -1.66. The van der Waals surface area contributed by atoms with Crippen molar-refractivity contribution in [1.82, 2.24) is 4.98 Å². The van der Waals surface area contributed by atoms with Crippen LogP contribution in [0.2, 0.25) is 5.02 Å². The second-order valence-corrected chi connectivity index (χ2v) is 5.17. The van der Waals surface area contributed by atoms with Gasteiger partial charge in [0.1, 0.15) is 0 Å². The van der Waals surface area contributed by atoms with Crippen molar-refractivity contribution < 1.29 is 9.18 Å². The Labute approximate surface area is 128 Å². The molecule has 1 heterocycles. The molecule has 2 N–H and O–H groups in total. The van der Waals surface area contributed by atoms with Crippen molar-refractivity contribution in [3.05, 3.63) is 51.3 Å². The number of hydrogen-bond acceptors (Lipinski definition) is 3. The summed E-state index contributed by atoms with van der Waals surface area (Å²) in [7, 11) is 1.53. The third-order valence-electron chi connectivity index (χ3n) is 2.55. The van der Waals surface area contributed by atoms with E-state index in [1.54, 1.807) is 18.2 Å². The Kier molecular flexibility index (Phi) is 4.57. The van der Waals surface area contributed by atoms with E-state index in [1.165, 1.54) is 19.3 Å². The number of carbonyl (C=O) groups excluding carboxylic acids is 1. The third kappa shape index (κ3) is 3.08. The van der Waals surface area contributed by atoms with Crippen molar-refractivity contribution in [1.29, 1.82) is 0 Å². The normalized spacial score (nSPS) is 10.2. The predicted octanol–water partition coefficient (Wildman–Crippen LogP) is 3.93. The Balaban J connectivity index is 2.28. The Morgan fingerprint density at radius 2 is 2.15 bits per heavy atom. The van der Waals surface area contributed by atoms with Crippen LogP contribution >= 0.6 is 27.5 Å². The maximum atomic E-state index is 14.0. The van der Waals surface area contributed by atoms with Gasteiger partial charge in [0.25, 0.3) is 5.91 Å². The van der Waals surface area contributed by atoms with Gasteiger partial charge in [0.2, 0.25) is 0 Å². The number of anilines is 2. The molecule has 0 saturated carbocycles. The molecule has 4 nitrogen and oxygen atoms in total. The summed E-state index contributed by atoms with van der Waals surface area (Å²) in [6, 6.07) is 6.29. The van der Waals surface area contributed by atoms with E-state index in [0.717, 1.165) is 4.47 Å². The molecule has 0 aliphatic heterocycles. The number of benzene rings is 1. The van der Waals surface area contributed by atoms with E-state index in [4.69, 9.17) is 11.6 Å². The third-order valence-corrected chi connectivity index (χ3v) is 3.36. The number of pyridine rings is 1. The molecule has 0 radical (unpaired) electrons. The van der Waals surface area contributed by atoms with Crippen LogP contribution < -0.4 is 10.6 Å².